The smallest absolute Gasteiger partial charge is 0.408 e. The summed E-state index contributed by atoms with van der Waals surface area (Å²) in [5, 5.41) is 11.5. The number of hydrogen-bond acceptors (Lipinski definition) is 3. The van der Waals surface area contributed by atoms with Crippen LogP contribution in [0.1, 0.15) is 59.8 Å². The second-order valence-corrected chi connectivity index (χ2v) is 5.18. The lowest BCUT2D eigenvalue weighted by Gasteiger charge is -2.21. The van der Waals surface area contributed by atoms with E-state index in [9.17, 15) is 4.79 Å². The van der Waals surface area contributed by atoms with Gasteiger partial charge in [-0.15, -0.1) is 0 Å². The Balaban J connectivity index is 3.89. The summed E-state index contributed by atoms with van der Waals surface area (Å²) >= 11 is 0. The molecule has 0 radical (unpaired) electrons. The molecule has 0 aliphatic carbocycles. The zero-order chi connectivity index (χ0) is 13.3. The Bertz CT molecular complexity index is 264. The van der Waals surface area contributed by atoms with Crippen molar-refractivity contribution in [2.75, 3.05) is 0 Å². The van der Waals surface area contributed by atoms with Crippen molar-refractivity contribution in [1.82, 2.24) is 5.32 Å². The Labute approximate surface area is 104 Å². The number of amides is 1. The van der Waals surface area contributed by atoms with Crippen LogP contribution in [-0.2, 0) is 4.74 Å². The van der Waals surface area contributed by atoms with Crippen LogP contribution >= 0.6 is 0 Å². The third-order valence-corrected chi connectivity index (χ3v) is 2.19. The van der Waals surface area contributed by atoms with Crippen LogP contribution in [0, 0.1) is 11.3 Å². The molecule has 0 rings (SSSR count). The van der Waals surface area contributed by atoms with Gasteiger partial charge < -0.3 is 10.1 Å². The zero-order valence-corrected chi connectivity index (χ0v) is 11.4. The average Bonchev–Trinajstić information content (AvgIpc) is 2.20. The average molecular weight is 240 g/mol. The van der Waals surface area contributed by atoms with Gasteiger partial charge in [-0.25, -0.2) is 4.79 Å². The van der Waals surface area contributed by atoms with E-state index in [0.29, 0.717) is 6.42 Å². The minimum Gasteiger partial charge on any atom is -0.444 e. The van der Waals surface area contributed by atoms with Gasteiger partial charge in [-0.2, -0.15) is 5.26 Å². The van der Waals surface area contributed by atoms with Gasteiger partial charge in [0.2, 0.25) is 0 Å². The lowest BCUT2D eigenvalue weighted by atomic mass is 10.1. The molecular formula is C13H24N2O2. The van der Waals surface area contributed by atoms with Crippen LogP contribution in [0.2, 0.25) is 0 Å². The van der Waals surface area contributed by atoms with Crippen molar-refractivity contribution in [3.8, 4) is 6.07 Å². The maximum atomic E-state index is 11.4. The highest BCUT2D eigenvalue weighted by Gasteiger charge is 2.18. The summed E-state index contributed by atoms with van der Waals surface area (Å²) in [5.74, 6) is 0. The summed E-state index contributed by atoms with van der Waals surface area (Å²) in [6, 6.07) is 1.64. The maximum Gasteiger partial charge on any atom is 0.408 e. The third kappa shape index (κ3) is 9.68. The standard InChI is InChI=1S/C13H24N2O2/c1-5-6-7-8-9-11(10-14)15-12(16)17-13(2,3)4/h11H,5-9H2,1-4H3,(H,15,16)/t11-/m0/s1. The molecule has 1 atom stereocenters. The predicted octanol–water partition coefficient (Wildman–Crippen LogP) is 3.37. The van der Waals surface area contributed by atoms with E-state index in [1.165, 1.54) is 6.42 Å². The Morgan fingerprint density at radius 2 is 2.00 bits per heavy atom. The van der Waals surface area contributed by atoms with Crippen molar-refractivity contribution in [3.63, 3.8) is 0 Å². The lowest BCUT2D eigenvalue weighted by molar-refractivity contribution is 0.0513. The second-order valence-electron chi connectivity index (χ2n) is 5.18. The summed E-state index contributed by atoms with van der Waals surface area (Å²) in [6.45, 7) is 7.54. The Hall–Kier alpha value is -1.24. The van der Waals surface area contributed by atoms with Crippen molar-refractivity contribution in [1.29, 1.82) is 5.26 Å². The van der Waals surface area contributed by atoms with Crippen LogP contribution in [0.25, 0.3) is 0 Å². The van der Waals surface area contributed by atoms with E-state index in [-0.39, 0.29) is 0 Å². The van der Waals surface area contributed by atoms with E-state index in [2.05, 4.69) is 18.3 Å². The molecular weight excluding hydrogens is 216 g/mol. The summed E-state index contributed by atoms with van der Waals surface area (Å²) < 4.78 is 5.10. The highest BCUT2D eigenvalue weighted by atomic mass is 16.6. The lowest BCUT2D eigenvalue weighted by Crippen LogP contribution is -2.38. The first kappa shape index (κ1) is 15.8. The predicted molar refractivity (Wildman–Crippen MR) is 67.5 cm³/mol. The van der Waals surface area contributed by atoms with Crippen molar-refractivity contribution in [3.05, 3.63) is 0 Å². The van der Waals surface area contributed by atoms with Crippen LogP contribution in [0.4, 0.5) is 4.79 Å². The number of hydrogen-bond donors (Lipinski definition) is 1. The van der Waals surface area contributed by atoms with Gasteiger partial charge in [0, 0.05) is 0 Å². The van der Waals surface area contributed by atoms with Gasteiger partial charge in [-0.3, -0.25) is 0 Å². The van der Waals surface area contributed by atoms with Gasteiger partial charge in [0.1, 0.15) is 11.6 Å². The Morgan fingerprint density at radius 1 is 1.35 bits per heavy atom. The quantitative estimate of drug-likeness (QED) is 0.724. The number of ether oxygens (including phenoxy) is 1. The zero-order valence-electron chi connectivity index (χ0n) is 11.4. The van der Waals surface area contributed by atoms with E-state index in [0.717, 1.165) is 19.3 Å². The monoisotopic (exact) mass is 240 g/mol. The van der Waals surface area contributed by atoms with Crippen molar-refractivity contribution >= 4 is 6.09 Å². The summed E-state index contributed by atoms with van der Waals surface area (Å²) in [6.07, 6.45) is 4.57. The van der Waals surface area contributed by atoms with Gasteiger partial charge in [0.25, 0.3) is 0 Å². The maximum absolute atomic E-state index is 11.4. The normalized spacial score (nSPS) is 12.6. The molecule has 0 aliphatic rings. The van der Waals surface area contributed by atoms with Crippen molar-refractivity contribution in [2.24, 2.45) is 0 Å². The molecule has 98 valence electrons. The van der Waals surface area contributed by atoms with Crippen LogP contribution in [0.3, 0.4) is 0 Å². The van der Waals surface area contributed by atoms with E-state index in [1.807, 2.05) is 0 Å². The van der Waals surface area contributed by atoms with E-state index in [4.69, 9.17) is 10.00 Å². The first-order chi connectivity index (χ1) is 7.89. The first-order valence-electron chi connectivity index (χ1n) is 6.28. The molecule has 0 unspecified atom stereocenters. The van der Waals surface area contributed by atoms with Crippen LogP contribution < -0.4 is 5.32 Å². The SMILES string of the molecule is CCCCCC[C@@H](C#N)NC(=O)OC(C)(C)C. The van der Waals surface area contributed by atoms with Crippen LogP contribution in [0.15, 0.2) is 0 Å². The Morgan fingerprint density at radius 3 is 2.47 bits per heavy atom. The Kier molecular flexibility index (Phi) is 7.36. The number of carbonyl (C=O) groups is 1. The molecule has 0 saturated carbocycles. The summed E-state index contributed by atoms with van der Waals surface area (Å²) in [5.41, 5.74) is -0.522. The third-order valence-electron chi connectivity index (χ3n) is 2.19. The topological polar surface area (TPSA) is 62.1 Å². The van der Waals surface area contributed by atoms with Crippen molar-refractivity contribution < 1.29 is 9.53 Å². The highest BCUT2D eigenvalue weighted by Crippen LogP contribution is 2.08. The van der Waals surface area contributed by atoms with Crippen LogP contribution in [0.5, 0.6) is 0 Å². The van der Waals surface area contributed by atoms with E-state index >= 15 is 0 Å². The number of nitrogens with one attached hydrogen (secondary N) is 1. The minimum atomic E-state index is -0.522. The molecule has 17 heavy (non-hydrogen) atoms. The number of nitriles is 1. The van der Waals surface area contributed by atoms with Gasteiger partial charge in [-0.1, -0.05) is 32.6 Å². The number of nitrogens with zero attached hydrogens (tertiary/aromatic N) is 1. The largest absolute Gasteiger partial charge is 0.444 e. The molecule has 1 amide bonds. The minimum absolute atomic E-state index is 0.443. The fraction of sp³-hybridized carbons (Fsp3) is 0.846. The van der Waals surface area contributed by atoms with E-state index < -0.39 is 17.7 Å². The molecule has 0 aromatic carbocycles. The number of rotatable bonds is 6. The van der Waals surface area contributed by atoms with Gasteiger partial charge in [0.05, 0.1) is 6.07 Å². The first-order valence-corrected chi connectivity index (χ1v) is 6.28. The molecule has 0 saturated heterocycles. The molecule has 0 aromatic rings. The second kappa shape index (κ2) is 7.94. The van der Waals surface area contributed by atoms with Gasteiger partial charge >= 0.3 is 6.09 Å². The molecule has 0 spiro atoms. The molecule has 0 fully saturated rings. The molecule has 0 bridgehead atoms. The fourth-order valence-electron chi connectivity index (χ4n) is 1.39. The van der Waals surface area contributed by atoms with Crippen LogP contribution in [-0.4, -0.2) is 17.7 Å². The molecule has 1 N–H and O–H groups in total. The van der Waals surface area contributed by atoms with Gasteiger partial charge in [-0.05, 0) is 27.2 Å². The van der Waals surface area contributed by atoms with E-state index in [1.54, 1.807) is 20.8 Å². The molecule has 0 aromatic heterocycles. The molecule has 0 heterocycles. The van der Waals surface area contributed by atoms with Crippen molar-refractivity contribution in [2.45, 2.75) is 71.4 Å². The fourth-order valence-corrected chi connectivity index (χ4v) is 1.39. The summed E-state index contributed by atoms with van der Waals surface area (Å²) in [4.78, 5) is 11.4. The summed E-state index contributed by atoms with van der Waals surface area (Å²) in [7, 11) is 0. The van der Waals surface area contributed by atoms with Gasteiger partial charge in [0.15, 0.2) is 0 Å². The number of alkyl carbamates (subject to hydrolysis) is 1. The molecule has 0 aliphatic heterocycles. The number of carbonyl (C=O) groups excluding carboxylic acids is 1. The molecule has 4 heteroatoms. The number of unbranched alkanes of at least 4 members (excludes halogenated alkanes) is 3. The molecule has 4 nitrogen and oxygen atoms in total. The highest BCUT2D eigenvalue weighted by molar-refractivity contribution is 5.68.